The summed E-state index contributed by atoms with van der Waals surface area (Å²) in [6.45, 7) is 0.0432. The number of ether oxygens (including phenoxy) is 3. The van der Waals surface area contributed by atoms with E-state index in [2.05, 4.69) is 0 Å². The highest BCUT2D eigenvalue weighted by atomic mass is 35.5. The van der Waals surface area contributed by atoms with Crippen molar-refractivity contribution in [3.05, 3.63) is 77.3 Å². The van der Waals surface area contributed by atoms with Gasteiger partial charge in [-0.1, -0.05) is 48.0 Å². The van der Waals surface area contributed by atoms with Crippen molar-refractivity contribution in [1.82, 2.24) is 0 Å². The van der Waals surface area contributed by atoms with Crippen LogP contribution in [0.15, 0.2) is 66.7 Å². The third-order valence-corrected chi connectivity index (χ3v) is 5.83. The minimum atomic E-state index is -0.874. The number of esters is 2. The summed E-state index contributed by atoms with van der Waals surface area (Å²) in [4.78, 5) is 24.3. The monoisotopic (exact) mass is 442 g/mol. The van der Waals surface area contributed by atoms with Crippen LogP contribution in [0.25, 0.3) is 0 Å². The maximum absolute atomic E-state index is 12.5. The quantitative estimate of drug-likeness (QED) is 0.518. The van der Waals surface area contributed by atoms with Crippen molar-refractivity contribution < 1.29 is 28.9 Å². The van der Waals surface area contributed by atoms with Crippen LogP contribution in [0.4, 0.5) is 0 Å². The highest BCUT2D eigenvalue weighted by molar-refractivity contribution is 6.30. The predicted molar refractivity (Wildman–Crippen MR) is 114 cm³/mol. The van der Waals surface area contributed by atoms with E-state index in [9.17, 15) is 14.7 Å². The van der Waals surface area contributed by atoms with Crippen LogP contribution in [0, 0.1) is 11.8 Å². The van der Waals surface area contributed by atoms with Gasteiger partial charge in [0.05, 0.1) is 12.0 Å². The molecular formula is C24H23ClO6. The molecule has 0 radical (unpaired) electrons. The van der Waals surface area contributed by atoms with E-state index in [1.807, 2.05) is 12.1 Å². The molecule has 31 heavy (non-hydrogen) atoms. The van der Waals surface area contributed by atoms with Crippen LogP contribution >= 0.6 is 11.6 Å². The maximum atomic E-state index is 12.5. The first-order chi connectivity index (χ1) is 15.0. The Hall–Kier alpha value is -2.83. The topological polar surface area (TPSA) is 82.1 Å². The predicted octanol–water partition coefficient (Wildman–Crippen LogP) is 3.81. The van der Waals surface area contributed by atoms with Crippen molar-refractivity contribution in [1.29, 1.82) is 0 Å². The number of aliphatic hydroxyl groups excluding tert-OH is 1. The molecule has 0 aromatic heterocycles. The lowest BCUT2D eigenvalue weighted by Gasteiger charge is -2.20. The molecule has 5 atom stereocenters. The molecule has 7 heteroatoms. The van der Waals surface area contributed by atoms with Gasteiger partial charge in [-0.3, -0.25) is 4.79 Å². The highest BCUT2D eigenvalue weighted by Crippen LogP contribution is 2.43. The fourth-order valence-electron chi connectivity index (χ4n) is 4.12. The minimum absolute atomic E-state index is 0.0432. The number of halogens is 1. The second-order valence-corrected chi connectivity index (χ2v) is 8.18. The van der Waals surface area contributed by atoms with Crippen LogP contribution < -0.4 is 4.74 Å². The molecule has 0 spiro atoms. The zero-order chi connectivity index (χ0) is 21.8. The molecule has 0 amide bonds. The van der Waals surface area contributed by atoms with E-state index in [1.165, 1.54) is 0 Å². The first kappa shape index (κ1) is 21.4. The van der Waals surface area contributed by atoms with E-state index in [4.69, 9.17) is 25.8 Å². The SMILES string of the molecule is O=C1CC2C(CC(OC(=O)c3ccccc3)C2/C=C/C(O)COc2cccc(Cl)c2)O1. The molecular weight excluding hydrogens is 420 g/mol. The first-order valence-electron chi connectivity index (χ1n) is 10.2. The van der Waals surface area contributed by atoms with Gasteiger partial charge in [-0.25, -0.2) is 4.79 Å². The third kappa shape index (κ3) is 5.27. The van der Waals surface area contributed by atoms with Gasteiger partial charge in [0.2, 0.25) is 0 Å². The molecule has 1 aliphatic heterocycles. The van der Waals surface area contributed by atoms with Crippen molar-refractivity contribution in [2.24, 2.45) is 11.8 Å². The van der Waals surface area contributed by atoms with Gasteiger partial charge in [0, 0.05) is 23.3 Å². The van der Waals surface area contributed by atoms with Crippen LogP contribution in [0.2, 0.25) is 5.02 Å². The molecule has 0 bridgehead atoms. The van der Waals surface area contributed by atoms with Crippen molar-refractivity contribution in [3.8, 4) is 5.75 Å². The van der Waals surface area contributed by atoms with Gasteiger partial charge in [-0.2, -0.15) is 0 Å². The number of carbonyl (C=O) groups is 2. The Morgan fingerprint density at radius 3 is 2.81 bits per heavy atom. The molecule has 1 saturated carbocycles. The lowest BCUT2D eigenvalue weighted by Crippen LogP contribution is -2.25. The summed E-state index contributed by atoms with van der Waals surface area (Å²) in [6.07, 6.45) is 2.55. The Bertz CT molecular complexity index is 960. The van der Waals surface area contributed by atoms with Gasteiger partial charge in [0.1, 0.15) is 30.7 Å². The molecule has 1 aliphatic carbocycles. The number of hydrogen-bond donors (Lipinski definition) is 1. The van der Waals surface area contributed by atoms with Crippen LogP contribution in [-0.2, 0) is 14.3 Å². The number of carbonyl (C=O) groups excluding carboxylic acids is 2. The Kier molecular flexibility index (Phi) is 6.59. The molecule has 1 N–H and O–H groups in total. The maximum Gasteiger partial charge on any atom is 0.338 e. The summed E-state index contributed by atoms with van der Waals surface area (Å²) in [7, 11) is 0. The van der Waals surface area contributed by atoms with Crippen LogP contribution in [0.3, 0.4) is 0 Å². The standard InChI is InChI=1S/C24H23ClO6/c25-16-7-4-8-18(11-16)29-14-17(26)9-10-19-20-12-23(27)30-22(20)13-21(19)31-24(28)15-5-2-1-3-6-15/h1-11,17,19-22,26H,12-14H2/b10-9+. The molecule has 1 heterocycles. The number of rotatable bonds is 7. The van der Waals surface area contributed by atoms with Gasteiger partial charge in [-0.05, 0) is 30.3 Å². The van der Waals surface area contributed by atoms with E-state index in [-0.39, 0.29) is 36.9 Å². The van der Waals surface area contributed by atoms with E-state index >= 15 is 0 Å². The Balaban J connectivity index is 1.41. The lowest BCUT2D eigenvalue weighted by atomic mass is 9.91. The molecule has 5 unspecified atom stereocenters. The summed E-state index contributed by atoms with van der Waals surface area (Å²) in [5.74, 6) is -0.417. The van der Waals surface area contributed by atoms with Crippen LogP contribution in [0.5, 0.6) is 5.75 Å². The van der Waals surface area contributed by atoms with Gasteiger partial charge in [0.15, 0.2) is 0 Å². The van der Waals surface area contributed by atoms with Gasteiger partial charge >= 0.3 is 11.9 Å². The Morgan fingerprint density at radius 2 is 2.03 bits per heavy atom. The first-order valence-corrected chi connectivity index (χ1v) is 10.6. The molecule has 4 rings (SSSR count). The molecule has 2 aromatic rings. The largest absolute Gasteiger partial charge is 0.491 e. The number of benzene rings is 2. The fraction of sp³-hybridized carbons (Fsp3) is 0.333. The van der Waals surface area contributed by atoms with Crippen molar-refractivity contribution in [3.63, 3.8) is 0 Å². The van der Waals surface area contributed by atoms with E-state index in [0.29, 0.717) is 22.8 Å². The van der Waals surface area contributed by atoms with Crippen molar-refractivity contribution >= 4 is 23.5 Å². The van der Waals surface area contributed by atoms with E-state index < -0.39 is 18.2 Å². The van der Waals surface area contributed by atoms with Crippen molar-refractivity contribution in [2.45, 2.75) is 31.2 Å². The molecule has 6 nitrogen and oxygen atoms in total. The summed E-state index contributed by atoms with van der Waals surface area (Å²) < 4.78 is 16.7. The zero-order valence-electron chi connectivity index (χ0n) is 16.7. The lowest BCUT2D eigenvalue weighted by molar-refractivity contribution is -0.141. The summed E-state index contributed by atoms with van der Waals surface area (Å²) in [5, 5.41) is 10.9. The molecule has 2 fully saturated rings. The number of hydrogen-bond acceptors (Lipinski definition) is 6. The van der Waals surface area contributed by atoms with Gasteiger partial charge < -0.3 is 19.3 Å². The summed E-state index contributed by atoms with van der Waals surface area (Å²) >= 11 is 5.94. The molecule has 1 saturated heterocycles. The number of aliphatic hydroxyl groups is 1. The van der Waals surface area contributed by atoms with E-state index in [0.717, 1.165) is 0 Å². The number of fused-ring (bicyclic) bond motifs is 1. The normalized spacial score (nSPS) is 25.8. The molecule has 2 aromatic carbocycles. The fourth-order valence-corrected chi connectivity index (χ4v) is 4.30. The molecule has 162 valence electrons. The summed E-state index contributed by atoms with van der Waals surface area (Å²) in [6, 6.07) is 15.7. The zero-order valence-corrected chi connectivity index (χ0v) is 17.5. The van der Waals surface area contributed by atoms with Crippen LogP contribution in [-0.4, -0.2) is 42.0 Å². The molecule has 2 aliphatic rings. The average molecular weight is 443 g/mol. The van der Waals surface area contributed by atoms with Crippen LogP contribution in [0.1, 0.15) is 23.2 Å². The second-order valence-electron chi connectivity index (χ2n) is 7.74. The van der Waals surface area contributed by atoms with Gasteiger partial charge in [0.25, 0.3) is 0 Å². The average Bonchev–Trinajstić information content (AvgIpc) is 3.27. The minimum Gasteiger partial charge on any atom is -0.491 e. The third-order valence-electron chi connectivity index (χ3n) is 5.59. The van der Waals surface area contributed by atoms with Crippen molar-refractivity contribution in [2.75, 3.05) is 6.61 Å². The Labute approximate surface area is 185 Å². The highest BCUT2D eigenvalue weighted by Gasteiger charge is 2.50. The second kappa shape index (κ2) is 9.54. The summed E-state index contributed by atoms with van der Waals surface area (Å²) in [5.41, 5.74) is 0.467. The van der Waals surface area contributed by atoms with E-state index in [1.54, 1.807) is 54.6 Å². The smallest absolute Gasteiger partial charge is 0.338 e. The van der Waals surface area contributed by atoms with Gasteiger partial charge in [-0.15, -0.1) is 0 Å². The Morgan fingerprint density at radius 1 is 1.23 bits per heavy atom.